The minimum Gasteiger partial charge on any atom is -0.745 e. The van der Waals surface area contributed by atoms with Crippen molar-refractivity contribution in [3.63, 3.8) is 0 Å². The molecule has 0 aromatic carbocycles. The molecule has 0 heterocycles. The molecule has 0 amide bonds. The molecule has 0 saturated carbocycles. The third kappa shape index (κ3) is 70.7. The molecule has 6 nitrogen and oxygen atoms in total. The number of carbonyl (C=O) groups is 1. The summed E-state index contributed by atoms with van der Waals surface area (Å²) in [7, 11) is -4.15. The molecule has 0 aliphatic carbocycles. The third-order valence-electron chi connectivity index (χ3n) is 0.453. The van der Waals surface area contributed by atoms with Crippen molar-refractivity contribution in [2.45, 2.75) is 6.92 Å². The van der Waals surface area contributed by atoms with Crippen molar-refractivity contribution >= 4 is 16.1 Å². The minimum atomic E-state index is -4.15. The molecule has 0 rings (SSSR count). The number of aliphatic hydroxyl groups excluding tert-OH is 1. The van der Waals surface area contributed by atoms with Crippen LogP contribution in [0.5, 0.6) is 0 Å². The Kier molecular flexibility index (Phi) is 25.8. The third-order valence-corrected chi connectivity index (χ3v) is 0.862. The normalized spacial score (nSPS) is 7.38. The standard InChI is InChI=1S/C4H6O2.C2H4O3S.C2H4O.Na/c1-3-6-4(2)5;1-2-6(3,4)5;1-2-3;/h3H,1H2,2H3;2H,1H2,(H,3,4,5);2-3H,1H2;/q;;;+1/p-1. The molecule has 0 aliphatic rings. The fraction of sp³-hybridized carbons (Fsp3) is 0.125. The van der Waals surface area contributed by atoms with E-state index in [-0.39, 0.29) is 35.5 Å². The second-order valence-electron chi connectivity index (χ2n) is 1.62. The van der Waals surface area contributed by atoms with Gasteiger partial charge in [0.15, 0.2) is 0 Å². The van der Waals surface area contributed by atoms with Crippen molar-refractivity contribution in [1.82, 2.24) is 0 Å². The number of ether oxygens (including phenoxy) is 1. The maximum absolute atomic E-state index is 9.75. The van der Waals surface area contributed by atoms with Crippen LogP contribution in [0.3, 0.4) is 0 Å². The Balaban J connectivity index is -0.0000000692. The summed E-state index contributed by atoms with van der Waals surface area (Å²) in [5.41, 5.74) is 0. The molecule has 0 saturated heterocycles. The Morgan fingerprint density at radius 2 is 1.62 bits per heavy atom. The minimum absolute atomic E-state index is 0. The molecule has 0 atom stereocenters. The summed E-state index contributed by atoms with van der Waals surface area (Å²) in [6.07, 6.45) is 1.85. The molecule has 0 aromatic heterocycles. The van der Waals surface area contributed by atoms with Crippen LogP contribution < -0.4 is 29.6 Å². The van der Waals surface area contributed by atoms with Gasteiger partial charge in [0.1, 0.15) is 10.1 Å². The van der Waals surface area contributed by atoms with E-state index in [1.807, 2.05) is 0 Å². The van der Waals surface area contributed by atoms with Gasteiger partial charge >= 0.3 is 35.5 Å². The Hall–Kier alpha value is -0.600. The van der Waals surface area contributed by atoms with Gasteiger partial charge in [0.25, 0.3) is 0 Å². The summed E-state index contributed by atoms with van der Waals surface area (Å²) < 4.78 is 32.1. The maximum atomic E-state index is 9.75. The van der Waals surface area contributed by atoms with Crippen LogP contribution in [0.25, 0.3) is 0 Å². The van der Waals surface area contributed by atoms with Gasteiger partial charge in [0.2, 0.25) is 0 Å². The fourth-order valence-corrected chi connectivity index (χ4v) is 0.117. The van der Waals surface area contributed by atoms with Gasteiger partial charge in [0, 0.05) is 12.3 Å². The van der Waals surface area contributed by atoms with Crippen molar-refractivity contribution < 1.29 is 57.2 Å². The average molecular weight is 260 g/mol. The van der Waals surface area contributed by atoms with Gasteiger partial charge in [-0.05, 0) is 0 Å². The maximum Gasteiger partial charge on any atom is 1.00 e. The zero-order chi connectivity index (χ0) is 12.9. The Bertz CT molecular complexity index is 284. The van der Waals surface area contributed by atoms with E-state index in [2.05, 4.69) is 24.5 Å². The summed E-state index contributed by atoms with van der Waals surface area (Å²) in [6.45, 7) is 10.1. The first-order valence-electron chi connectivity index (χ1n) is 3.36. The van der Waals surface area contributed by atoms with Crippen molar-refractivity contribution in [2.24, 2.45) is 0 Å². The quantitative estimate of drug-likeness (QED) is 0.268. The number of rotatable bonds is 2. The van der Waals surface area contributed by atoms with Gasteiger partial charge in [-0.15, -0.1) is 0 Å². The fourth-order valence-electron chi connectivity index (χ4n) is 0.117. The first-order chi connectivity index (χ1) is 6.74. The molecule has 0 aromatic rings. The molecule has 0 radical (unpaired) electrons. The summed E-state index contributed by atoms with van der Waals surface area (Å²) in [4.78, 5) is 9.75. The van der Waals surface area contributed by atoms with Crippen LogP contribution in [0.15, 0.2) is 37.7 Å². The van der Waals surface area contributed by atoms with Crippen molar-refractivity contribution in [3.8, 4) is 0 Å². The number of hydrogen-bond donors (Lipinski definition) is 1. The monoisotopic (exact) mass is 260 g/mol. The van der Waals surface area contributed by atoms with E-state index in [0.29, 0.717) is 5.41 Å². The van der Waals surface area contributed by atoms with Crippen molar-refractivity contribution in [1.29, 1.82) is 0 Å². The molecule has 1 N–H and O–H groups in total. The number of hydrogen-bond acceptors (Lipinski definition) is 6. The first-order valence-corrected chi connectivity index (χ1v) is 4.83. The van der Waals surface area contributed by atoms with Gasteiger partial charge in [-0.2, -0.15) is 0 Å². The smallest absolute Gasteiger partial charge is 0.745 e. The topological polar surface area (TPSA) is 104 Å². The average Bonchev–Trinajstić information content (AvgIpc) is 2.05. The van der Waals surface area contributed by atoms with Gasteiger partial charge in [-0.25, -0.2) is 8.42 Å². The van der Waals surface area contributed by atoms with E-state index in [0.717, 1.165) is 12.5 Å². The summed E-state index contributed by atoms with van der Waals surface area (Å²) in [5, 5.41) is 7.69. The van der Waals surface area contributed by atoms with Gasteiger partial charge < -0.3 is 14.4 Å². The molecule has 0 aliphatic heterocycles. The van der Waals surface area contributed by atoms with E-state index in [9.17, 15) is 17.8 Å². The first kappa shape index (κ1) is 24.6. The second-order valence-corrected chi connectivity index (χ2v) is 2.94. The molecular weight excluding hydrogens is 247 g/mol. The van der Waals surface area contributed by atoms with Crippen LogP contribution in [-0.4, -0.2) is 24.0 Å². The van der Waals surface area contributed by atoms with E-state index in [4.69, 9.17) is 5.11 Å². The zero-order valence-corrected chi connectivity index (χ0v) is 12.1. The Labute approximate surface area is 117 Å². The van der Waals surface area contributed by atoms with Crippen LogP contribution >= 0.6 is 0 Å². The predicted octanol–water partition coefficient (Wildman–Crippen LogP) is -1.94. The van der Waals surface area contributed by atoms with E-state index >= 15 is 0 Å². The molecule has 0 spiro atoms. The largest absolute Gasteiger partial charge is 1.00 e. The van der Waals surface area contributed by atoms with Crippen LogP contribution in [0.2, 0.25) is 0 Å². The van der Waals surface area contributed by atoms with Crippen LogP contribution in [0, 0.1) is 0 Å². The van der Waals surface area contributed by atoms with Gasteiger partial charge in [0.05, 0.1) is 12.5 Å². The molecule has 88 valence electrons. The van der Waals surface area contributed by atoms with E-state index in [1.54, 1.807) is 0 Å². The molecule has 0 bridgehead atoms. The van der Waals surface area contributed by atoms with E-state index < -0.39 is 10.1 Å². The molecule has 16 heavy (non-hydrogen) atoms. The summed E-state index contributed by atoms with van der Waals surface area (Å²) in [5.74, 6) is -0.329. The second kappa shape index (κ2) is 16.8. The number of aliphatic hydroxyl groups is 1. The number of esters is 1. The molecule has 8 heteroatoms. The summed E-state index contributed by atoms with van der Waals surface area (Å²) in [6, 6.07) is 0. The Morgan fingerprint density at radius 3 is 1.62 bits per heavy atom. The molecular formula is C8H13NaO6S. The van der Waals surface area contributed by atoms with Crippen LogP contribution in [0.4, 0.5) is 0 Å². The van der Waals surface area contributed by atoms with E-state index in [1.165, 1.54) is 6.92 Å². The molecule has 0 fully saturated rings. The van der Waals surface area contributed by atoms with Gasteiger partial charge in [-0.3, -0.25) is 4.79 Å². The SMILES string of the molecule is C=CO.C=COC(C)=O.C=CS(=O)(=O)[O-].[Na+]. The van der Waals surface area contributed by atoms with Crippen LogP contribution in [-0.2, 0) is 19.6 Å². The van der Waals surface area contributed by atoms with Crippen LogP contribution in [0.1, 0.15) is 6.92 Å². The van der Waals surface area contributed by atoms with Crippen molar-refractivity contribution in [3.05, 3.63) is 37.7 Å². The summed E-state index contributed by atoms with van der Waals surface area (Å²) >= 11 is 0. The molecule has 0 unspecified atom stereocenters. The number of carbonyl (C=O) groups excluding carboxylic acids is 1. The van der Waals surface area contributed by atoms with Crippen molar-refractivity contribution in [2.75, 3.05) is 0 Å². The van der Waals surface area contributed by atoms with Gasteiger partial charge in [-0.1, -0.05) is 19.7 Å². The predicted molar refractivity (Wildman–Crippen MR) is 54.7 cm³/mol. The Morgan fingerprint density at radius 1 is 1.38 bits per heavy atom. The zero-order valence-electron chi connectivity index (χ0n) is 9.25.